The van der Waals surface area contributed by atoms with E-state index in [1.54, 1.807) is 18.2 Å². The van der Waals surface area contributed by atoms with Crippen LogP contribution in [-0.2, 0) is 12.8 Å². The maximum absolute atomic E-state index is 13.0. The number of anilines is 2. The molecule has 17 heavy (non-hydrogen) atoms. The molecule has 2 aromatic carbocycles. The van der Waals surface area contributed by atoms with Crippen LogP contribution in [0.15, 0.2) is 42.5 Å². The minimum Gasteiger partial charge on any atom is -0.397 e. The van der Waals surface area contributed by atoms with Gasteiger partial charge in [-0.15, -0.1) is 0 Å². The van der Waals surface area contributed by atoms with Gasteiger partial charge in [-0.3, -0.25) is 0 Å². The number of rotatable bonds is 3. The van der Waals surface area contributed by atoms with Crippen LogP contribution >= 0.6 is 0 Å². The highest BCUT2D eigenvalue weighted by atomic mass is 19.1. The van der Waals surface area contributed by atoms with E-state index < -0.39 is 0 Å². The second-order valence-electron chi connectivity index (χ2n) is 4.09. The molecule has 0 aliphatic rings. The van der Waals surface area contributed by atoms with Gasteiger partial charge in [0.05, 0.1) is 11.4 Å². The Morgan fingerprint density at radius 1 is 0.824 bits per heavy atom. The zero-order valence-electron chi connectivity index (χ0n) is 9.49. The average molecular weight is 230 g/mol. The molecule has 0 radical (unpaired) electrons. The van der Waals surface area contributed by atoms with Crippen LogP contribution < -0.4 is 11.5 Å². The summed E-state index contributed by atoms with van der Waals surface area (Å²) in [6.07, 6.45) is 1.62. The Bertz CT molecular complexity index is 523. The number of halogens is 1. The first-order valence-electron chi connectivity index (χ1n) is 5.53. The SMILES string of the molecule is Nc1ccc(CCc2cccc(F)c2)cc1N. The molecule has 88 valence electrons. The topological polar surface area (TPSA) is 52.0 Å². The fourth-order valence-electron chi connectivity index (χ4n) is 1.76. The smallest absolute Gasteiger partial charge is 0.123 e. The fraction of sp³-hybridized carbons (Fsp3) is 0.143. The lowest BCUT2D eigenvalue weighted by molar-refractivity contribution is 0.625. The van der Waals surface area contributed by atoms with E-state index in [1.165, 1.54) is 6.07 Å². The van der Waals surface area contributed by atoms with E-state index in [1.807, 2.05) is 18.2 Å². The Kier molecular flexibility index (Phi) is 3.28. The van der Waals surface area contributed by atoms with E-state index in [0.717, 1.165) is 24.0 Å². The molecule has 0 amide bonds. The maximum Gasteiger partial charge on any atom is 0.123 e. The molecular formula is C14H15FN2. The van der Waals surface area contributed by atoms with Gasteiger partial charge < -0.3 is 11.5 Å². The van der Waals surface area contributed by atoms with Gasteiger partial charge in [0.1, 0.15) is 5.82 Å². The maximum atomic E-state index is 13.0. The molecule has 0 aliphatic carbocycles. The number of nitrogen functional groups attached to an aromatic ring is 2. The largest absolute Gasteiger partial charge is 0.397 e. The van der Waals surface area contributed by atoms with E-state index in [2.05, 4.69) is 0 Å². The number of nitrogens with two attached hydrogens (primary N) is 2. The Morgan fingerprint density at radius 2 is 1.53 bits per heavy atom. The minimum absolute atomic E-state index is 0.195. The summed E-state index contributed by atoms with van der Waals surface area (Å²) < 4.78 is 13.0. The third-order valence-electron chi connectivity index (χ3n) is 2.74. The molecule has 0 aliphatic heterocycles. The molecule has 2 aromatic rings. The molecule has 0 unspecified atom stereocenters. The Hall–Kier alpha value is -2.03. The quantitative estimate of drug-likeness (QED) is 0.796. The predicted octanol–water partition coefficient (Wildman–Crippen LogP) is 2.78. The third kappa shape index (κ3) is 2.97. The highest BCUT2D eigenvalue weighted by Crippen LogP contribution is 2.17. The standard InChI is InChI=1S/C14H15FN2/c15-12-3-1-2-10(8-12)4-5-11-6-7-13(16)14(17)9-11/h1-3,6-9H,4-5,16-17H2. The van der Waals surface area contributed by atoms with E-state index in [9.17, 15) is 4.39 Å². The lowest BCUT2D eigenvalue weighted by Crippen LogP contribution is -1.97. The Morgan fingerprint density at radius 3 is 2.18 bits per heavy atom. The lowest BCUT2D eigenvalue weighted by Gasteiger charge is -2.05. The minimum atomic E-state index is -0.195. The molecule has 3 heteroatoms. The Balaban J connectivity index is 2.05. The van der Waals surface area contributed by atoms with Crippen LogP contribution in [0.4, 0.5) is 15.8 Å². The highest BCUT2D eigenvalue weighted by molar-refractivity contribution is 5.63. The first kappa shape index (κ1) is 11.5. The van der Waals surface area contributed by atoms with Gasteiger partial charge in [-0.2, -0.15) is 0 Å². The normalized spacial score (nSPS) is 10.4. The molecule has 0 aromatic heterocycles. The van der Waals surface area contributed by atoms with E-state index >= 15 is 0 Å². The van der Waals surface area contributed by atoms with Gasteiger partial charge in [0.15, 0.2) is 0 Å². The third-order valence-corrected chi connectivity index (χ3v) is 2.74. The molecule has 0 spiro atoms. The zero-order valence-corrected chi connectivity index (χ0v) is 9.49. The number of hydrogen-bond acceptors (Lipinski definition) is 2. The molecule has 0 heterocycles. The van der Waals surface area contributed by atoms with Crippen molar-refractivity contribution in [2.24, 2.45) is 0 Å². The number of benzene rings is 2. The summed E-state index contributed by atoms with van der Waals surface area (Å²) in [6.45, 7) is 0. The molecule has 0 fully saturated rings. The second-order valence-corrected chi connectivity index (χ2v) is 4.09. The summed E-state index contributed by atoms with van der Waals surface area (Å²) in [5.41, 5.74) is 14.7. The monoisotopic (exact) mass is 230 g/mol. The van der Waals surface area contributed by atoms with Crippen LogP contribution in [0.3, 0.4) is 0 Å². The van der Waals surface area contributed by atoms with Gasteiger partial charge in [0, 0.05) is 0 Å². The summed E-state index contributed by atoms with van der Waals surface area (Å²) >= 11 is 0. The van der Waals surface area contributed by atoms with Crippen LogP contribution in [0, 0.1) is 5.82 Å². The van der Waals surface area contributed by atoms with Crippen molar-refractivity contribution >= 4 is 11.4 Å². The summed E-state index contributed by atoms with van der Waals surface area (Å²) in [5.74, 6) is -0.195. The molecule has 0 atom stereocenters. The summed E-state index contributed by atoms with van der Waals surface area (Å²) in [5, 5.41) is 0. The van der Waals surface area contributed by atoms with Crippen LogP contribution in [-0.4, -0.2) is 0 Å². The van der Waals surface area contributed by atoms with Crippen molar-refractivity contribution in [3.63, 3.8) is 0 Å². The van der Waals surface area contributed by atoms with E-state index in [-0.39, 0.29) is 5.82 Å². The highest BCUT2D eigenvalue weighted by Gasteiger charge is 2.00. The van der Waals surface area contributed by atoms with Gasteiger partial charge >= 0.3 is 0 Å². The van der Waals surface area contributed by atoms with Crippen LogP contribution in [0.2, 0.25) is 0 Å². The summed E-state index contributed by atoms with van der Waals surface area (Å²) in [6, 6.07) is 12.3. The molecule has 2 rings (SSSR count). The van der Waals surface area contributed by atoms with Crippen LogP contribution in [0.25, 0.3) is 0 Å². The number of hydrogen-bond donors (Lipinski definition) is 2. The molecule has 0 bridgehead atoms. The first-order valence-corrected chi connectivity index (χ1v) is 5.53. The fourth-order valence-corrected chi connectivity index (χ4v) is 1.76. The van der Waals surface area contributed by atoms with Crippen molar-refractivity contribution < 1.29 is 4.39 Å². The van der Waals surface area contributed by atoms with Gasteiger partial charge in [-0.05, 0) is 48.2 Å². The Labute approximate surface area is 100 Å². The van der Waals surface area contributed by atoms with Gasteiger partial charge in [0.25, 0.3) is 0 Å². The second kappa shape index (κ2) is 4.87. The van der Waals surface area contributed by atoms with E-state index in [0.29, 0.717) is 11.4 Å². The molecule has 0 saturated carbocycles. The molecule has 0 saturated heterocycles. The van der Waals surface area contributed by atoms with Crippen LogP contribution in [0.5, 0.6) is 0 Å². The zero-order chi connectivity index (χ0) is 12.3. The van der Waals surface area contributed by atoms with Gasteiger partial charge in [-0.25, -0.2) is 4.39 Å². The van der Waals surface area contributed by atoms with Crippen molar-refractivity contribution in [1.82, 2.24) is 0 Å². The van der Waals surface area contributed by atoms with Crippen molar-refractivity contribution in [1.29, 1.82) is 0 Å². The number of aryl methyl sites for hydroxylation is 2. The average Bonchev–Trinajstić information content (AvgIpc) is 2.31. The lowest BCUT2D eigenvalue weighted by atomic mass is 10.0. The summed E-state index contributed by atoms with van der Waals surface area (Å²) in [7, 11) is 0. The molecular weight excluding hydrogens is 215 g/mol. The summed E-state index contributed by atoms with van der Waals surface area (Å²) in [4.78, 5) is 0. The first-order chi connectivity index (χ1) is 8.15. The van der Waals surface area contributed by atoms with Crippen LogP contribution in [0.1, 0.15) is 11.1 Å². The predicted molar refractivity (Wildman–Crippen MR) is 69.1 cm³/mol. The van der Waals surface area contributed by atoms with Crippen molar-refractivity contribution in [2.45, 2.75) is 12.8 Å². The van der Waals surface area contributed by atoms with Gasteiger partial charge in [-0.1, -0.05) is 18.2 Å². The van der Waals surface area contributed by atoms with E-state index in [4.69, 9.17) is 11.5 Å². The molecule has 4 N–H and O–H groups in total. The van der Waals surface area contributed by atoms with Gasteiger partial charge in [0.2, 0.25) is 0 Å². The van der Waals surface area contributed by atoms with Crippen molar-refractivity contribution in [2.75, 3.05) is 11.5 Å². The molecule has 2 nitrogen and oxygen atoms in total. The van der Waals surface area contributed by atoms with Crippen molar-refractivity contribution in [3.05, 3.63) is 59.4 Å². The van der Waals surface area contributed by atoms with Crippen molar-refractivity contribution in [3.8, 4) is 0 Å².